The molecule has 0 spiro atoms. The Morgan fingerprint density at radius 3 is 1.92 bits per heavy atom. The Balaban J connectivity index is 1.60. The van der Waals surface area contributed by atoms with Crippen molar-refractivity contribution < 1.29 is 0 Å². The van der Waals surface area contributed by atoms with Gasteiger partial charge in [0.1, 0.15) is 0 Å². The standard InChI is InChI=1S/C34H23NS/c1-3-12-24(13-4-1)29-22-25-14-7-8-15-26(25)23-31(29)35(27-16-5-2-6-17-27)30-19-11-21-33-34(30)28-18-9-10-20-32(28)36-33/h1-23H. The average Bonchev–Trinajstić information content (AvgIpc) is 3.33. The summed E-state index contributed by atoms with van der Waals surface area (Å²) >= 11 is 1.86. The number of rotatable bonds is 4. The molecule has 170 valence electrons. The van der Waals surface area contributed by atoms with E-state index >= 15 is 0 Å². The van der Waals surface area contributed by atoms with Crippen LogP contribution in [0.5, 0.6) is 0 Å². The molecule has 0 aliphatic heterocycles. The Hall–Kier alpha value is -4.40. The molecule has 6 aromatic carbocycles. The highest BCUT2D eigenvalue weighted by atomic mass is 32.1. The van der Waals surface area contributed by atoms with Gasteiger partial charge in [-0.3, -0.25) is 0 Å². The van der Waals surface area contributed by atoms with Crippen molar-refractivity contribution in [2.45, 2.75) is 0 Å². The molecule has 0 aliphatic rings. The minimum Gasteiger partial charge on any atom is -0.309 e. The summed E-state index contributed by atoms with van der Waals surface area (Å²) in [5.41, 5.74) is 5.95. The Morgan fingerprint density at radius 1 is 0.472 bits per heavy atom. The maximum atomic E-state index is 2.44. The highest BCUT2D eigenvalue weighted by molar-refractivity contribution is 7.26. The summed E-state index contributed by atoms with van der Waals surface area (Å²) in [5.74, 6) is 0. The minimum absolute atomic E-state index is 1.15. The number of anilines is 3. The van der Waals surface area contributed by atoms with Crippen LogP contribution in [0.4, 0.5) is 17.1 Å². The molecule has 0 atom stereocenters. The van der Waals surface area contributed by atoms with E-state index in [9.17, 15) is 0 Å². The number of fused-ring (bicyclic) bond motifs is 4. The molecular weight excluding hydrogens is 454 g/mol. The summed E-state index contributed by atoms with van der Waals surface area (Å²) in [5, 5.41) is 5.08. The van der Waals surface area contributed by atoms with Gasteiger partial charge < -0.3 is 4.90 Å². The normalized spacial score (nSPS) is 11.3. The fourth-order valence-electron chi connectivity index (χ4n) is 5.19. The monoisotopic (exact) mass is 477 g/mol. The van der Waals surface area contributed by atoms with Crippen LogP contribution in [0.2, 0.25) is 0 Å². The van der Waals surface area contributed by atoms with E-state index in [0.717, 1.165) is 5.69 Å². The Bertz CT molecular complexity index is 1830. The molecule has 36 heavy (non-hydrogen) atoms. The number of hydrogen-bond acceptors (Lipinski definition) is 2. The molecule has 7 aromatic rings. The molecule has 1 aromatic heterocycles. The minimum atomic E-state index is 1.15. The van der Waals surface area contributed by atoms with Gasteiger partial charge in [0.25, 0.3) is 0 Å². The molecule has 0 radical (unpaired) electrons. The average molecular weight is 478 g/mol. The lowest BCUT2D eigenvalue weighted by Crippen LogP contribution is -2.11. The zero-order chi connectivity index (χ0) is 23.9. The van der Waals surface area contributed by atoms with E-state index in [4.69, 9.17) is 0 Å². The van der Waals surface area contributed by atoms with Gasteiger partial charge in [0.2, 0.25) is 0 Å². The zero-order valence-corrected chi connectivity index (χ0v) is 20.5. The van der Waals surface area contributed by atoms with Crippen molar-refractivity contribution in [1.29, 1.82) is 0 Å². The first-order valence-corrected chi connectivity index (χ1v) is 13.0. The number of benzene rings is 6. The quantitative estimate of drug-likeness (QED) is 0.244. The summed E-state index contributed by atoms with van der Waals surface area (Å²) < 4.78 is 2.62. The second-order valence-electron chi connectivity index (χ2n) is 9.00. The van der Waals surface area contributed by atoms with Crippen LogP contribution in [-0.2, 0) is 0 Å². The highest BCUT2D eigenvalue weighted by Crippen LogP contribution is 2.47. The maximum absolute atomic E-state index is 2.44. The van der Waals surface area contributed by atoms with Gasteiger partial charge in [-0.2, -0.15) is 0 Å². The van der Waals surface area contributed by atoms with Crippen LogP contribution >= 0.6 is 11.3 Å². The second-order valence-corrected chi connectivity index (χ2v) is 10.1. The van der Waals surface area contributed by atoms with Crippen molar-refractivity contribution in [2.24, 2.45) is 0 Å². The molecule has 0 N–H and O–H groups in total. The summed E-state index contributed by atoms with van der Waals surface area (Å²) in [7, 11) is 0. The smallest absolute Gasteiger partial charge is 0.0555 e. The Morgan fingerprint density at radius 2 is 1.11 bits per heavy atom. The van der Waals surface area contributed by atoms with Gasteiger partial charge in [-0.05, 0) is 58.8 Å². The second kappa shape index (κ2) is 8.67. The lowest BCUT2D eigenvalue weighted by molar-refractivity contribution is 1.31. The summed E-state index contributed by atoms with van der Waals surface area (Å²) in [6.07, 6.45) is 0. The maximum Gasteiger partial charge on any atom is 0.0555 e. The van der Waals surface area contributed by atoms with Crippen LogP contribution in [0.3, 0.4) is 0 Å². The fraction of sp³-hybridized carbons (Fsp3) is 0. The third-order valence-electron chi connectivity index (χ3n) is 6.83. The molecule has 0 saturated carbocycles. The van der Waals surface area contributed by atoms with Crippen LogP contribution in [0.15, 0.2) is 140 Å². The van der Waals surface area contributed by atoms with Crippen LogP contribution in [-0.4, -0.2) is 0 Å². The first-order valence-electron chi connectivity index (χ1n) is 12.2. The number of hydrogen-bond donors (Lipinski definition) is 0. The van der Waals surface area contributed by atoms with Crippen molar-refractivity contribution in [2.75, 3.05) is 4.90 Å². The predicted octanol–water partition coefficient (Wildman–Crippen LogP) is 10.3. The third-order valence-corrected chi connectivity index (χ3v) is 7.96. The lowest BCUT2D eigenvalue weighted by atomic mass is 9.97. The van der Waals surface area contributed by atoms with E-state index in [0.29, 0.717) is 0 Å². The SMILES string of the molecule is c1ccc(-c2cc3ccccc3cc2N(c2ccccc2)c2cccc3sc4ccccc4c23)cc1. The van der Waals surface area contributed by atoms with Crippen molar-refractivity contribution in [3.8, 4) is 11.1 Å². The molecule has 1 heterocycles. The van der Waals surface area contributed by atoms with Crippen LogP contribution in [0, 0.1) is 0 Å². The molecule has 0 unspecified atom stereocenters. The fourth-order valence-corrected chi connectivity index (χ4v) is 6.32. The molecule has 2 heteroatoms. The van der Waals surface area contributed by atoms with Gasteiger partial charge in [-0.1, -0.05) is 97.1 Å². The molecular formula is C34H23NS. The van der Waals surface area contributed by atoms with E-state index < -0.39 is 0 Å². The van der Waals surface area contributed by atoms with E-state index in [1.54, 1.807) is 0 Å². The van der Waals surface area contributed by atoms with E-state index in [-0.39, 0.29) is 0 Å². The van der Waals surface area contributed by atoms with Gasteiger partial charge in [0.15, 0.2) is 0 Å². The molecule has 0 amide bonds. The van der Waals surface area contributed by atoms with Crippen molar-refractivity contribution in [3.63, 3.8) is 0 Å². The van der Waals surface area contributed by atoms with Crippen molar-refractivity contribution in [1.82, 2.24) is 0 Å². The topological polar surface area (TPSA) is 3.24 Å². The van der Waals surface area contributed by atoms with Gasteiger partial charge >= 0.3 is 0 Å². The molecule has 7 rings (SSSR count). The van der Waals surface area contributed by atoms with Crippen LogP contribution < -0.4 is 4.90 Å². The summed E-state index contributed by atoms with van der Waals surface area (Å²) in [4.78, 5) is 2.44. The molecule has 1 nitrogen and oxygen atoms in total. The van der Waals surface area contributed by atoms with E-state index in [1.165, 1.54) is 53.4 Å². The van der Waals surface area contributed by atoms with E-state index in [2.05, 4.69) is 144 Å². The third kappa shape index (κ3) is 3.46. The number of thiophene rings is 1. The number of nitrogens with zero attached hydrogens (tertiary/aromatic N) is 1. The number of para-hydroxylation sites is 1. The Kier molecular flexibility index (Phi) is 5.04. The van der Waals surface area contributed by atoms with Gasteiger partial charge in [0.05, 0.1) is 11.4 Å². The van der Waals surface area contributed by atoms with Gasteiger partial charge in [0, 0.05) is 31.4 Å². The van der Waals surface area contributed by atoms with Gasteiger partial charge in [-0.15, -0.1) is 11.3 Å². The van der Waals surface area contributed by atoms with Crippen LogP contribution in [0.1, 0.15) is 0 Å². The zero-order valence-electron chi connectivity index (χ0n) is 19.6. The summed E-state index contributed by atoms with van der Waals surface area (Å²) in [6, 6.07) is 50.2. The lowest BCUT2D eigenvalue weighted by Gasteiger charge is -2.29. The van der Waals surface area contributed by atoms with Crippen LogP contribution in [0.25, 0.3) is 42.1 Å². The van der Waals surface area contributed by atoms with Gasteiger partial charge in [-0.25, -0.2) is 0 Å². The Labute approximate surface area is 214 Å². The first-order chi connectivity index (χ1) is 17.9. The predicted molar refractivity (Wildman–Crippen MR) is 157 cm³/mol. The molecule has 0 fully saturated rings. The first kappa shape index (κ1) is 20.9. The largest absolute Gasteiger partial charge is 0.309 e. The summed E-state index contributed by atoms with van der Waals surface area (Å²) in [6.45, 7) is 0. The highest BCUT2D eigenvalue weighted by Gasteiger charge is 2.21. The molecule has 0 bridgehead atoms. The van der Waals surface area contributed by atoms with E-state index in [1.807, 2.05) is 11.3 Å². The molecule has 0 aliphatic carbocycles. The van der Waals surface area contributed by atoms with Crippen molar-refractivity contribution >= 4 is 59.3 Å². The molecule has 0 saturated heterocycles. The van der Waals surface area contributed by atoms with Crippen molar-refractivity contribution in [3.05, 3.63) is 140 Å².